The lowest BCUT2D eigenvalue weighted by Crippen LogP contribution is -2.14. The molecule has 0 radical (unpaired) electrons. The van der Waals surface area contributed by atoms with Crippen LogP contribution in [0.25, 0.3) is 0 Å². The van der Waals surface area contributed by atoms with Gasteiger partial charge in [0.1, 0.15) is 0 Å². The number of amides is 1. The Balaban J connectivity index is 2.23. The minimum absolute atomic E-state index is 0.164. The van der Waals surface area contributed by atoms with Gasteiger partial charge in [-0.3, -0.25) is 15.2 Å². The number of nitrogens with two attached hydrogens (primary N) is 1. The summed E-state index contributed by atoms with van der Waals surface area (Å²) in [6, 6.07) is 0. The van der Waals surface area contributed by atoms with Crippen LogP contribution in [0.3, 0.4) is 0 Å². The summed E-state index contributed by atoms with van der Waals surface area (Å²) in [4.78, 5) is 12.1. The first kappa shape index (κ1) is 13.1. The molecule has 0 spiro atoms. The number of rotatable bonds is 3. The third-order valence-corrected chi connectivity index (χ3v) is 3.01. The molecule has 0 saturated heterocycles. The zero-order valence-electron chi connectivity index (χ0n) is 11.4. The number of nitrogens with zero attached hydrogens (tertiary/aromatic N) is 2. The lowest BCUT2D eigenvalue weighted by Gasteiger charge is -2.03. The van der Waals surface area contributed by atoms with Gasteiger partial charge in [-0.25, -0.2) is 0 Å². The molecule has 0 aliphatic rings. The van der Waals surface area contributed by atoms with Gasteiger partial charge in [0.25, 0.3) is 5.91 Å². The Bertz CT molecular complexity index is 612. The van der Waals surface area contributed by atoms with E-state index >= 15 is 0 Å². The molecule has 0 unspecified atom stereocenters. The summed E-state index contributed by atoms with van der Waals surface area (Å²) in [5, 5.41) is 13.1. The van der Waals surface area contributed by atoms with Crippen molar-refractivity contribution in [3.63, 3.8) is 0 Å². The fourth-order valence-corrected chi connectivity index (χ4v) is 1.67. The second-order valence-electron chi connectivity index (χ2n) is 4.73. The van der Waals surface area contributed by atoms with Crippen molar-refractivity contribution < 1.29 is 9.32 Å². The standard InChI is InChI=1S/C12H17N5O2/c1-5(2)9-8(13)10(16-15-9)11(18)14-12-6(3)7(4)17-19-12/h5H,13H2,1-4H3,(H,14,18)(H,15,16). The SMILES string of the molecule is Cc1noc(NC(=O)c2n[nH]c(C(C)C)c2N)c1C. The van der Waals surface area contributed by atoms with Gasteiger partial charge in [-0.15, -0.1) is 0 Å². The first-order chi connectivity index (χ1) is 8.91. The fraction of sp³-hybridized carbons (Fsp3) is 0.417. The predicted molar refractivity (Wildman–Crippen MR) is 71.0 cm³/mol. The molecule has 0 aromatic carbocycles. The van der Waals surface area contributed by atoms with Crippen molar-refractivity contribution in [3.05, 3.63) is 22.6 Å². The van der Waals surface area contributed by atoms with E-state index < -0.39 is 5.91 Å². The number of H-pyrrole nitrogens is 1. The van der Waals surface area contributed by atoms with Crippen LogP contribution in [0.2, 0.25) is 0 Å². The van der Waals surface area contributed by atoms with Crippen molar-refractivity contribution in [1.29, 1.82) is 0 Å². The topological polar surface area (TPSA) is 110 Å². The maximum Gasteiger partial charge on any atom is 0.280 e. The Hall–Kier alpha value is -2.31. The predicted octanol–water partition coefficient (Wildman–Crippen LogP) is 1.97. The largest absolute Gasteiger partial charge is 0.395 e. The monoisotopic (exact) mass is 263 g/mol. The minimum Gasteiger partial charge on any atom is -0.395 e. The smallest absolute Gasteiger partial charge is 0.280 e. The lowest BCUT2D eigenvalue weighted by molar-refractivity contribution is 0.102. The van der Waals surface area contributed by atoms with E-state index in [1.807, 2.05) is 20.8 Å². The molecule has 0 aliphatic heterocycles. The van der Waals surface area contributed by atoms with Crippen molar-refractivity contribution in [2.75, 3.05) is 11.1 Å². The summed E-state index contributed by atoms with van der Waals surface area (Å²) < 4.78 is 5.02. The summed E-state index contributed by atoms with van der Waals surface area (Å²) in [5.41, 5.74) is 8.69. The number of nitrogens with one attached hydrogen (secondary N) is 2. The minimum atomic E-state index is -0.417. The second kappa shape index (κ2) is 4.75. The van der Waals surface area contributed by atoms with Crippen LogP contribution in [0.1, 0.15) is 47.2 Å². The van der Waals surface area contributed by atoms with Crippen LogP contribution in [0, 0.1) is 13.8 Å². The van der Waals surface area contributed by atoms with E-state index in [4.69, 9.17) is 10.3 Å². The molecular formula is C12H17N5O2. The summed E-state index contributed by atoms with van der Waals surface area (Å²) in [6.07, 6.45) is 0. The van der Waals surface area contributed by atoms with E-state index in [1.165, 1.54) is 0 Å². The molecule has 4 N–H and O–H groups in total. The van der Waals surface area contributed by atoms with Crippen molar-refractivity contribution >= 4 is 17.5 Å². The summed E-state index contributed by atoms with van der Waals surface area (Å²) in [5.74, 6) is 0.0687. The van der Waals surface area contributed by atoms with Gasteiger partial charge in [0.2, 0.25) is 5.88 Å². The number of nitrogen functional groups attached to an aromatic ring is 1. The molecule has 0 fully saturated rings. The van der Waals surface area contributed by atoms with Gasteiger partial charge in [-0.2, -0.15) is 5.10 Å². The molecule has 102 valence electrons. The van der Waals surface area contributed by atoms with Gasteiger partial charge in [0, 0.05) is 5.56 Å². The van der Waals surface area contributed by atoms with E-state index in [9.17, 15) is 4.79 Å². The Morgan fingerprint density at radius 1 is 1.42 bits per heavy atom. The molecular weight excluding hydrogens is 246 g/mol. The fourth-order valence-electron chi connectivity index (χ4n) is 1.67. The van der Waals surface area contributed by atoms with Crippen molar-refractivity contribution in [2.24, 2.45) is 0 Å². The van der Waals surface area contributed by atoms with Gasteiger partial charge in [0.05, 0.1) is 17.1 Å². The Labute approximate surface area is 110 Å². The highest BCUT2D eigenvalue weighted by Gasteiger charge is 2.21. The number of aryl methyl sites for hydroxylation is 1. The number of hydrogen-bond acceptors (Lipinski definition) is 5. The summed E-state index contributed by atoms with van der Waals surface area (Å²) in [6.45, 7) is 7.55. The van der Waals surface area contributed by atoms with Gasteiger partial charge in [-0.05, 0) is 19.8 Å². The second-order valence-corrected chi connectivity index (χ2v) is 4.73. The van der Waals surface area contributed by atoms with Crippen LogP contribution in [0.4, 0.5) is 11.6 Å². The van der Waals surface area contributed by atoms with E-state index in [1.54, 1.807) is 6.92 Å². The van der Waals surface area contributed by atoms with Crippen LogP contribution in [-0.4, -0.2) is 21.3 Å². The Morgan fingerprint density at radius 2 is 2.11 bits per heavy atom. The van der Waals surface area contributed by atoms with Crippen molar-refractivity contribution in [1.82, 2.24) is 15.4 Å². The molecule has 2 rings (SSSR count). The normalized spacial score (nSPS) is 11.0. The maximum absolute atomic E-state index is 12.1. The molecule has 0 bridgehead atoms. The van der Waals surface area contributed by atoms with Crippen molar-refractivity contribution in [2.45, 2.75) is 33.6 Å². The van der Waals surface area contributed by atoms with Gasteiger partial charge in [-0.1, -0.05) is 19.0 Å². The van der Waals surface area contributed by atoms with Crippen LogP contribution < -0.4 is 11.1 Å². The molecule has 0 aliphatic carbocycles. The van der Waals surface area contributed by atoms with Crippen LogP contribution >= 0.6 is 0 Å². The van der Waals surface area contributed by atoms with E-state index in [2.05, 4.69) is 20.7 Å². The van der Waals surface area contributed by atoms with E-state index in [0.29, 0.717) is 11.6 Å². The summed E-state index contributed by atoms with van der Waals surface area (Å²) in [7, 11) is 0. The molecule has 1 amide bonds. The molecule has 7 nitrogen and oxygen atoms in total. The zero-order chi connectivity index (χ0) is 14.2. The maximum atomic E-state index is 12.1. The third-order valence-electron chi connectivity index (χ3n) is 3.01. The van der Waals surface area contributed by atoms with Crippen LogP contribution in [0.15, 0.2) is 4.52 Å². The van der Waals surface area contributed by atoms with E-state index in [-0.39, 0.29) is 11.6 Å². The molecule has 2 heterocycles. The van der Waals surface area contributed by atoms with Crippen molar-refractivity contribution in [3.8, 4) is 0 Å². The highest BCUT2D eigenvalue weighted by atomic mass is 16.5. The van der Waals surface area contributed by atoms with Gasteiger partial charge in [0.15, 0.2) is 5.69 Å². The van der Waals surface area contributed by atoms with Gasteiger partial charge < -0.3 is 10.3 Å². The number of carbonyl (C=O) groups excluding carboxylic acids is 1. The molecule has 2 aromatic rings. The number of aromatic nitrogens is 3. The molecule has 0 saturated carbocycles. The Morgan fingerprint density at radius 3 is 2.58 bits per heavy atom. The van der Waals surface area contributed by atoms with E-state index in [0.717, 1.165) is 17.0 Å². The first-order valence-corrected chi connectivity index (χ1v) is 5.99. The highest BCUT2D eigenvalue weighted by Crippen LogP contribution is 2.24. The zero-order valence-corrected chi connectivity index (χ0v) is 11.4. The summed E-state index contributed by atoms with van der Waals surface area (Å²) >= 11 is 0. The third kappa shape index (κ3) is 2.31. The average molecular weight is 263 g/mol. The van der Waals surface area contributed by atoms with Crippen LogP contribution in [-0.2, 0) is 0 Å². The first-order valence-electron chi connectivity index (χ1n) is 5.99. The molecule has 7 heteroatoms. The lowest BCUT2D eigenvalue weighted by atomic mass is 10.1. The highest BCUT2D eigenvalue weighted by molar-refractivity contribution is 6.06. The van der Waals surface area contributed by atoms with Gasteiger partial charge >= 0.3 is 0 Å². The molecule has 19 heavy (non-hydrogen) atoms. The molecule has 2 aromatic heterocycles. The number of carbonyl (C=O) groups is 1. The average Bonchev–Trinajstić information content (AvgIpc) is 2.87. The number of hydrogen-bond donors (Lipinski definition) is 3. The Kier molecular flexibility index (Phi) is 3.28. The van der Waals surface area contributed by atoms with Crippen LogP contribution in [0.5, 0.6) is 0 Å². The molecule has 0 atom stereocenters. The number of anilines is 2. The quantitative estimate of drug-likeness (QED) is 0.784. The number of aromatic amines is 1.